The molecule has 1 N–H and O–H groups in total. The van der Waals surface area contributed by atoms with Crippen LogP contribution in [0.1, 0.15) is 31.9 Å². The number of aryl methyl sites for hydroxylation is 1. The molecule has 0 spiro atoms. The van der Waals surface area contributed by atoms with Crippen LogP contribution in [0.25, 0.3) is 0 Å². The van der Waals surface area contributed by atoms with Gasteiger partial charge in [0.2, 0.25) is 21.8 Å². The number of sulfonamides is 1. The maximum Gasteiger partial charge on any atom is 0.244 e. The lowest BCUT2D eigenvalue weighted by Crippen LogP contribution is -2.51. The molecule has 7 nitrogen and oxygen atoms in total. The Morgan fingerprint density at radius 1 is 1.03 bits per heavy atom. The molecule has 1 atom stereocenters. The lowest BCUT2D eigenvalue weighted by atomic mass is 10.1. The molecule has 10 heteroatoms. The maximum atomic E-state index is 13.8. The molecule has 0 fully saturated rings. The van der Waals surface area contributed by atoms with E-state index >= 15 is 0 Å². The molecule has 0 aliphatic carbocycles. The Labute approximate surface area is 199 Å². The first-order chi connectivity index (χ1) is 15.8. The summed E-state index contributed by atoms with van der Waals surface area (Å²) in [5.41, 5.74) is 1.53. The summed E-state index contributed by atoms with van der Waals surface area (Å²) in [6.07, 6.45) is 0.866. The second-order valence-electron chi connectivity index (χ2n) is 8.69. The van der Waals surface area contributed by atoms with Gasteiger partial charge in [0.15, 0.2) is 11.6 Å². The minimum absolute atomic E-state index is 0.0617. The van der Waals surface area contributed by atoms with Crippen LogP contribution in [-0.4, -0.2) is 50.5 Å². The third kappa shape index (κ3) is 7.51. The molecule has 186 valence electrons. The average Bonchev–Trinajstić information content (AvgIpc) is 2.74. The summed E-state index contributed by atoms with van der Waals surface area (Å²) in [5, 5.41) is 2.79. The fourth-order valence-corrected chi connectivity index (χ4v) is 4.14. The van der Waals surface area contributed by atoms with E-state index in [-0.39, 0.29) is 24.1 Å². The number of hydrogen-bond donors (Lipinski definition) is 1. The van der Waals surface area contributed by atoms with Crippen molar-refractivity contribution in [2.45, 2.75) is 40.3 Å². The number of rotatable bonds is 10. The number of nitrogens with zero attached hydrogens (tertiary/aromatic N) is 2. The van der Waals surface area contributed by atoms with Crippen LogP contribution in [0.5, 0.6) is 0 Å². The predicted octanol–water partition coefficient (Wildman–Crippen LogP) is 3.23. The lowest BCUT2D eigenvalue weighted by molar-refractivity contribution is -0.139. The number of amides is 2. The minimum atomic E-state index is -4.03. The van der Waals surface area contributed by atoms with E-state index in [2.05, 4.69) is 5.32 Å². The molecule has 0 aliphatic rings. The molecule has 0 saturated heterocycles. The molecule has 2 aromatic carbocycles. The molecule has 0 unspecified atom stereocenters. The molecule has 0 heterocycles. The highest BCUT2D eigenvalue weighted by atomic mass is 32.2. The number of hydrogen-bond acceptors (Lipinski definition) is 4. The summed E-state index contributed by atoms with van der Waals surface area (Å²) in [7, 11) is -4.03. The lowest BCUT2D eigenvalue weighted by Gasteiger charge is -2.31. The summed E-state index contributed by atoms with van der Waals surface area (Å²) in [4.78, 5) is 27.4. The smallest absolute Gasteiger partial charge is 0.244 e. The van der Waals surface area contributed by atoms with E-state index in [1.807, 2.05) is 39.0 Å². The fraction of sp³-hybridized carbons (Fsp3) is 0.417. The largest absolute Gasteiger partial charge is 0.354 e. The van der Waals surface area contributed by atoms with Gasteiger partial charge in [-0.15, -0.1) is 0 Å². The first-order valence-electron chi connectivity index (χ1n) is 10.8. The van der Waals surface area contributed by atoms with Crippen molar-refractivity contribution in [3.8, 4) is 0 Å². The second-order valence-corrected chi connectivity index (χ2v) is 10.6. The Hall–Kier alpha value is -3.01. The van der Waals surface area contributed by atoms with Crippen molar-refractivity contribution in [2.75, 3.05) is 23.7 Å². The quantitative estimate of drug-likeness (QED) is 0.548. The number of nitrogens with one attached hydrogen (secondary N) is 1. The van der Waals surface area contributed by atoms with Crippen molar-refractivity contribution in [1.29, 1.82) is 0 Å². The first kappa shape index (κ1) is 27.2. The van der Waals surface area contributed by atoms with Crippen molar-refractivity contribution >= 4 is 27.5 Å². The zero-order valence-electron chi connectivity index (χ0n) is 20.0. The molecule has 0 bridgehead atoms. The first-order valence-corrected chi connectivity index (χ1v) is 12.7. The van der Waals surface area contributed by atoms with Gasteiger partial charge in [0.1, 0.15) is 12.6 Å². The van der Waals surface area contributed by atoms with E-state index in [0.717, 1.165) is 29.5 Å². The van der Waals surface area contributed by atoms with Gasteiger partial charge >= 0.3 is 0 Å². The van der Waals surface area contributed by atoms with E-state index in [1.165, 1.54) is 4.90 Å². The second kappa shape index (κ2) is 11.4. The van der Waals surface area contributed by atoms with E-state index in [1.54, 1.807) is 13.0 Å². The summed E-state index contributed by atoms with van der Waals surface area (Å²) in [6.45, 7) is 7.12. The Balaban J connectivity index is 2.39. The Kier molecular flexibility index (Phi) is 9.14. The number of halogens is 2. The molecule has 2 amide bonds. The van der Waals surface area contributed by atoms with Gasteiger partial charge in [-0.1, -0.05) is 43.7 Å². The van der Waals surface area contributed by atoms with Crippen molar-refractivity contribution in [3.05, 3.63) is 65.2 Å². The van der Waals surface area contributed by atoms with Crippen LogP contribution in [0.4, 0.5) is 14.5 Å². The SMILES string of the molecule is Cc1cccc(CN(C(=O)CN(c2ccc(F)c(F)c2)S(C)(=O)=O)[C@@H](C)C(=O)NCC(C)C)c1. The van der Waals surface area contributed by atoms with Gasteiger partial charge in [-0.25, -0.2) is 17.2 Å². The third-order valence-corrected chi connectivity index (χ3v) is 6.30. The molecule has 0 radical (unpaired) electrons. The van der Waals surface area contributed by atoms with Crippen molar-refractivity contribution in [3.63, 3.8) is 0 Å². The van der Waals surface area contributed by atoms with Crippen LogP contribution in [-0.2, 0) is 26.2 Å². The topological polar surface area (TPSA) is 86.8 Å². The standard InChI is InChI=1S/C24H31F2N3O4S/c1-16(2)13-27-24(31)18(4)28(14-19-8-6-7-17(3)11-19)23(30)15-29(34(5,32)33)20-9-10-21(25)22(26)12-20/h6-12,16,18H,13-15H2,1-5H3,(H,27,31)/t18-/m0/s1. The molecule has 2 rings (SSSR count). The van der Waals surface area contributed by atoms with Gasteiger partial charge in [0, 0.05) is 19.2 Å². The fourth-order valence-electron chi connectivity index (χ4n) is 3.30. The molecular formula is C24H31F2N3O4S. The average molecular weight is 496 g/mol. The van der Waals surface area contributed by atoms with Gasteiger partial charge in [0.05, 0.1) is 11.9 Å². The van der Waals surface area contributed by atoms with Crippen LogP contribution < -0.4 is 9.62 Å². The van der Waals surface area contributed by atoms with Crippen molar-refractivity contribution < 1.29 is 26.8 Å². The van der Waals surface area contributed by atoms with Crippen molar-refractivity contribution in [1.82, 2.24) is 10.2 Å². The highest BCUT2D eigenvalue weighted by Gasteiger charge is 2.30. The summed E-state index contributed by atoms with van der Waals surface area (Å²) in [5.74, 6) is -3.22. The number of carbonyl (C=O) groups is 2. The van der Waals surface area contributed by atoms with Gasteiger partial charge in [-0.2, -0.15) is 0 Å². The molecule has 34 heavy (non-hydrogen) atoms. The Morgan fingerprint density at radius 2 is 1.71 bits per heavy atom. The Morgan fingerprint density at radius 3 is 2.26 bits per heavy atom. The highest BCUT2D eigenvalue weighted by Crippen LogP contribution is 2.21. The van der Waals surface area contributed by atoms with Crippen LogP contribution in [0.2, 0.25) is 0 Å². The monoisotopic (exact) mass is 495 g/mol. The predicted molar refractivity (Wildman–Crippen MR) is 128 cm³/mol. The van der Waals surface area contributed by atoms with Gasteiger partial charge in [-0.3, -0.25) is 13.9 Å². The van der Waals surface area contributed by atoms with Gasteiger partial charge in [0.25, 0.3) is 0 Å². The van der Waals surface area contributed by atoms with Crippen molar-refractivity contribution in [2.24, 2.45) is 5.92 Å². The van der Waals surface area contributed by atoms with Gasteiger partial charge < -0.3 is 10.2 Å². The maximum absolute atomic E-state index is 13.8. The molecule has 0 aliphatic heterocycles. The molecule has 2 aromatic rings. The number of anilines is 1. The zero-order chi connectivity index (χ0) is 25.6. The highest BCUT2D eigenvalue weighted by molar-refractivity contribution is 7.92. The summed E-state index contributed by atoms with van der Waals surface area (Å²) in [6, 6.07) is 9.06. The van der Waals surface area contributed by atoms with Crippen LogP contribution in [0.15, 0.2) is 42.5 Å². The normalized spacial score (nSPS) is 12.4. The van der Waals surface area contributed by atoms with E-state index in [9.17, 15) is 26.8 Å². The zero-order valence-corrected chi connectivity index (χ0v) is 20.8. The van der Waals surface area contributed by atoms with E-state index in [0.29, 0.717) is 16.9 Å². The Bertz CT molecular complexity index is 1140. The molecular weight excluding hydrogens is 464 g/mol. The molecule has 0 aromatic heterocycles. The van der Waals surface area contributed by atoms with Crippen LogP contribution in [0, 0.1) is 24.5 Å². The van der Waals surface area contributed by atoms with Crippen LogP contribution in [0.3, 0.4) is 0 Å². The number of carbonyl (C=O) groups excluding carboxylic acids is 2. The van der Waals surface area contributed by atoms with Crippen LogP contribution >= 0.6 is 0 Å². The minimum Gasteiger partial charge on any atom is -0.354 e. The van der Waals surface area contributed by atoms with Gasteiger partial charge in [-0.05, 0) is 37.5 Å². The summed E-state index contributed by atoms with van der Waals surface area (Å²) < 4.78 is 52.7. The van der Waals surface area contributed by atoms with E-state index < -0.39 is 40.2 Å². The number of benzene rings is 2. The molecule has 0 saturated carbocycles. The summed E-state index contributed by atoms with van der Waals surface area (Å²) >= 11 is 0. The third-order valence-electron chi connectivity index (χ3n) is 5.16. The van der Waals surface area contributed by atoms with E-state index in [4.69, 9.17) is 0 Å².